The van der Waals surface area contributed by atoms with E-state index in [1.807, 2.05) is 18.2 Å². The summed E-state index contributed by atoms with van der Waals surface area (Å²) in [5.74, 6) is -0.229. The number of hydrogen-bond acceptors (Lipinski definition) is 7. The van der Waals surface area contributed by atoms with Gasteiger partial charge in [0.2, 0.25) is 0 Å². The Balaban J connectivity index is 1.58. The van der Waals surface area contributed by atoms with Gasteiger partial charge in [0.05, 0.1) is 56.9 Å². The lowest BCUT2D eigenvalue weighted by Crippen LogP contribution is -2.37. The molecule has 1 heterocycles. The van der Waals surface area contributed by atoms with Crippen LogP contribution >= 0.6 is 22.6 Å². The average molecular weight is 546 g/mol. The molecule has 0 aliphatic heterocycles. The Morgan fingerprint density at radius 2 is 1.77 bits per heavy atom. The van der Waals surface area contributed by atoms with Crippen molar-refractivity contribution in [2.75, 3.05) is 72.5 Å². The second-order valence-electron chi connectivity index (χ2n) is 6.60. The standard InChI is InChI=1S/C21H30FIN4O4/c1-2-27(8-10-30-12-14-31-13-11-29-9-5-22)7-6-24-21(28)20-16-25-19-15-17(23)3-4-18(19)26-20/h3-4,15-16H,2,5-14H2,1H3,(H,24,28)/i23-2. The number of carbonyl (C=O) groups excluding carboxylic acids is 1. The average Bonchev–Trinajstić information content (AvgIpc) is 2.78. The van der Waals surface area contributed by atoms with Gasteiger partial charge in [-0.15, -0.1) is 0 Å². The van der Waals surface area contributed by atoms with Crippen LogP contribution in [0.2, 0.25) is 0 Å². The van der Waals surface area contributed by atoms with Crippen molar-refractivity contribution in [1.82, 2.24) is 20.2 Å². The number of fused-ring (bicyclic) bond motifs is 1. The van der Waals surface area contributed by atoms with Gasteiger partial charge in [-0.1, -0.05) is 6.92 Å². The summed E-state index contributed by atoms with van der Waals surface area (Å²) < 4.78 is 28.8. The normalized spacial score (nSPS) is 11.4. The molecule has 2 aromatic rings. The first-order chi connectivity index (χ1) is 15.1. The van der Waals surface area contributed by atoms with Crippen LogP contribution in [0.3, 0.4) is 0 Å². The van der Waals surface area contributed by atoms with Crippen molar-refractivity contribution in [3.8, 4) is 0 Å². The van der Waals surface area contributed by atoms with Gasteiger partial charge >= 0.3 is 0 Å². The van der Waals surface area contributed by atoms with E-state index in [4.69, 9.17) is 14.2 Å². The number of ether oxygens (including phenoxy) is 3. The highest BCUT2D eigenvalue weighted by molar-refractivity contribution is 14.1. The zero-order chi connectivity index (χ0) is 22.3. The molecule has 31 heavy (non-hydrogen) atoms. The first kappa shape index (κ1) is 25.8. The minimum absolute atomic E-state index is 0.113. The molecule has 2 rings (SSSR count). The first-order valence-electron chi connectivity index (χ1n) is 10.4. The third-order valence-corrected chi connectivity index (χ3v) is 5.09. The summed E-state index contributed by atoms with van der Waals surface area (Å²) in [5.41, 5.74) is 1.79. The fraction of sp³-hybridized carbons (Fsp3) is 0.571. The minimum atomic E-state index is -0.474. The molecule has 1 N–H and O–H groups in total. The van der Waals surface area contributed by atoms with E-state index >= 15 is 0 Å². The van der Waals surface area contributed by atoms with Crippen molar-refractivity contribution in [3.63, 3.8) is 0 Å². The van der Waals surface area contributed by atoms with Gasteiger partial charge in [-0.3, -0.25) is 14.7 Å². The molecule has 8 nitrogen and oxygen atoms in total. The van der Waals surface area contributed by atoms with Crippen LogP contribution in [0.15, 0.2) is 24.4 Å². The van der Waals surface area contributed by atoms with E-state index in [0.717, 1.165) is 22.2 Å². The summed E-state index contributed by atoms with van der Waals surface area (Å²) >= 11 is 2.22. The van der Waals surface area contributed by atoms with Gasteiger partial charge in [0.25, 0.3) is 5.91 Å². The largest absolute Gasteiger partial charge is 0.378 e. The highest BCUT2D eigenvalue weighted by atomic mass is 125. The van der Waals surface area contributed by atoms with Crippen molar-refractivity contribution >= 4 is 39.5 Å². The van der Waals surface area contributed by atoms with Gasteiger partial charge in [0.15, 0.2) is 0 Å². The Bertz CT molecular complexity index is 799. The zero-order valence-corrected chi connectivity index (χ0v) is 20.0. The number of nitrogens with one attached hydrogen (secondary N) is 1. The maximum absolute atomic E-state index is 12.4. The molecule has 0 aliphatic rings. The Kier molecular flexibility index (Phi) is 12.8. The summed E-state index contributed by atoms with van der Waals surface area (Å²) in [5, 5.41) is 2.90. The highest BCUT2D eigenvalue weighted by Gasteiger charge is 2.10. The Morgan fingerprint density at radius 1 is 1.06 bits per heavy atom. The fourth-order valence-electron chi connectivity index (χ4n) is 2.73. The van der Waals surface area contributed by atoms with Crippen LogP contribution < -0.4 is 5.32 Å². The maximum Gasteiger partial charge on any atom is 0.271 e. The highest BCUT2D eigenvalue weighted by Crippen LogP contribution is 2.13. The predicted molar refractivity (Wildman–Crippen MR) is 125 cm³/mol. The summed E-state index contributed by atoms with van der Waals surface area (Å²) in [6.07, 6.45) is 1.51. The van der Waals surface area contributed by atoms with Gasteiger partial charge in [-0.05, 0) is 47.3 Å². The smallest absolute Gasteiger partial charge is 0.271 e. The van der Waals surface area contributed by atoms with Crippen LogP contribution in [-0.4, -0.2) is 93.3 Å². The van der Waals surface area contributed by atoms with Crippen molar-refractivity contribution in [2.24, 2.45) is 0 Å². The lowest BCUT2D eigenvalue weighted by atomic mass is 10.3. The van der Waals surface area contributed by atoms with E-state index in [0.29, 0.717) is 57.3 Å². The number of benzene rings is 1. The number of rotatable bonds is 16. The molecule has 0 aliphatic carbocycles. The van der Waals surface area contributed by atoms with E-state index in [2.05, 4.69) is 49.7 Å². The molecule has 1 aromatic carbocycles. The lowest BCUT2D eigenvalue weighted by molar-refractivity contribution is 0.00889. The van der Waals surface area contributed by atoms with Crippen LogP contribution in [0.1, 0.15) is 17.4 Å². The Hall–Kier alpha value is -1.47. The van der Waals surface area contributed by atoms with E-state index in [1.54, 1.807) is 0 Å². The Morgan fingerprint density at radius 3 is 2.48 bits per heavy atom. The van der Waals surface area contributed by atoms with Gasteiger partial charge < -0.3 is 19.5 Å². The van der Waals surface area contributed by atoms with Gasteiger partial charge in [-0.2, -0.15) is 0 Å². The Labute approximate surface area is 196 Å². The molecule has 172 valence electrons. The molecule has 0 bridgehead atoms. The lowest BCUT2D eigenvalue weighted by Gasteiger charge is -2.20. The third-order valence-electron chi connectivity index (χ3n) is 4.42. The van der Waals surface area contributed by atoms with Crippen molar-refractivity contribution in [2.45, 2.75) is 6.92 Å². The topological polar surface area (TPSA) is 85.8 Å². The maximum atomic E-state index is 12.4. The van der Waals surface area contributed by atoms with Crippen molar-refractivity contribution in [1.29, 1.82) is 0 Å². The van der Waals surface area contributed by atoms with Crippen LogP contribution in [0.4, 0.5) is 4.39 Å². The molecule has 0 spiro atoms. The van der Waals surface area contributed by atoms with Gasteiger partial charge in [0.1, 0.15) is 12.4 Å². The van der Waals surface area contributed by atoms with Crippen molar-refractivity contribution < 1.29 is 23.4 Å². The van der Waals surface area contributed by atoms with E-state index in [9.17, 15) is 9.18 Å². The van der Waals surface area contributed by atoms with Gasteiger partial charge in [0, 0.05) is 23.2 Å². The third kappa shape index (κ3) is 10.1. The fourth-order valence-corrected chi connectivity index (χ4v) is 3.20. The molecule has 0 fully saturated rings. The number of amides is 1. The molecule has 0 atom stereocenters. The van der Waals surface area contributed by atoms with Crippen LogP contribution in [0, 0.1) is 3.57 Å². The molecular formula is C21H30FIN4O4. The number of carbonyl (C=O) groups is 1. The van der Waals surface area contributed by atoms with Crippen LogP contribution in [-0.2, 0) is 14.2 Å². The number of hydrogen-bond donors (Lipinski definition) is 1. The molecule has 0 saturated heterocycles. The number of alkyl halides is 1. The summed E-state index contributed by atoms with van der Waals surface area (Å²) in [6, 6.07) is 5.74. The summed E-state index contributed by atoms with van der Waals surface area (Å²) in [6.45, 7) is 6.94. The molecular weight excluding hydrogens is 516 g/mol. The second kappa shape index (κ2) is 15.4. The zero-order valence-electron chi connectivity index (χ0n) is 17.8. The monoisotopic (exact) mass is 546 g/mol. The first-order valence-corrected chi connectivity index (χ1v) is 11.4. The summed E-state index contributed by atoms with van der Waals surface area (Å²) in [7, 11) is 0. The molecule has 0 radical (unpaired) electrons. The molecule has 10 heteroatoms. The SMILES string of the molecule is CCN(CCNC(=O)c1cnc2cc([125I])ccc2n1)CCOCCOCCOCCF. The van der Waals surface area contributed by atoms with Crippen LogP contribution in [0.25, 0.3) is 11.0 Å². The second-order valence-corrected chi connectivity index (χ2v) is 7.85. The van der Waals surface area contributed by atoms with E-state index in [1.165, 1.54) is 6.20 Å². The number of likely N-dealkylation sites (N-methyl/N-ethyl adjacent to an activating group) is 1. The number of halogens is 2. The van der Waals surface area contributed by atoms with E-state index in [-0.39, 0.29) is 12.5 Å². The molecule has 1 aromatic heterocycles. The number of aromatic nitrogens is 2. The van der Waals surface area contributed by atoms with E-state index < -0.39 is 6.67 Å². The predicted octanol–water partition coefficient (Wildman–Crippen LogP) is 2.31. The molecule has 0 saturated carbocycles. The number of nitrogens with zero attached hydrogens (tertiary/aromatic N) is 3. The summed E-state index contributed by atoms with van der Waals surface area (Å²) in [4.78, 5) is 23.3. The quantitative estimate of drug-likeness (QED) is 0.256. The molecule has 0 unspecified atom stereocenters. The van der Waals surface area contributed by atoms with Crippen molar-refractivity contribution in [3.05, 3.63) is 33.7 Å². The van der Waals surface area contributed by atoms with Gasteiger partial charge in [-0.25, -0.2) is 9.37 Å². The van der Waals surface area contributed by atoms with Crippen LogP contribution in [0.5, 0.6) is 0 Å². The minimum Gasteiger partial charge on any atom is -0.378 e. The molecule has 1 amide bonds.